The Balaban J connectivity index is 1.59. The van der Waals surface area contributed by atoms with Crippen LogP contribution in [0.25, 0.3) is 0 Å². The number of anilines is 2. The number of hydrogen-bond donors (Lipinski definition) is 0. The minimum atomic E-state index is -3.53. The fourth-order valence-corrected chi connectivity index (χ4v) is 6.25. The molecule has 4 rings (SSSR count). The molecule has 0 spiro atoms. The molecule has 1 amide bonds. The molecule has 1 aliphatic carbocycles. The van der Waals surface area contributed by atoms with E-state index >= 15 is 0 Å². The smallest absolute Gasteiger partial charge is 0.260 e. The van der Waals surface area contributed by atoms with Crippen LogP contribution in [0.15, 0.2) is 47.4 Å². The minimum absolute atomic E-state index is 0.157. The molecule has 2 aromatic rings. The van der Waals surface area contributed by atoms with Crippen molar-refractivity contribution in [2.24, 2.45) is 5.92 Å². The highest BCUT2D eigenvalue weighted by molar-refractivity contribution is 7.92. The summed E-state index contributed by atoms with van der Waals surface area (Å²) in [5, 5.41) is 0. The Morgan fingerprint density at radius 3 is 2.47 bits per heavy atom. The lowest BCUT2D eigenvalue weighted by Crippen LogP contribution is -2.32. The number of para-hydroxylation sites is 1. The van der Waals surface area contributed by atoms with Gasteiger partial charge in [-0.3, -0.25) is 9.10 Å². The van der Waals surface area contributed by atoms with Crippen LogP contribution in [-0.2, 0) is 26.3 Å². The summed E-state index contributed by atoms with van der Waals surface area (Å²) in [6.07, 6.45) is 5.77. The fourth-order valence-electron chi connectivity index (χ4n) is 4.26. The van der Waals surface area contributed by atoms with E-state index in [0.29, 0.717) is 41.6 Å². The lowest BCUT2D eigenvalue weighted by atomic mass is 9.84. The van der Waals surface area contributed by atoms with E-state index in [2.05, 4.69) is 0 Å². The van der Waals surface area contributed by atoms with Gasteiger partial charge in [0.05, 0.1) is 28.2 Å². The van der Waals surface area contributed by atoms with Gasteiger partial charge in [0, 0.05) is 19.3 Å². The predicted octanol–water partition coefficient (Wildman–Crippen LogP) is 3.25. The van der Waals surface area contributed by atoms with Gasteiger partial charge in [0.25, 0.3) is 5.91 Å². The standard InChI is InChI=1S/C23H28N2O5S2/c1-24(31(2,27)28)22-9-4-3-8-20(22)23(26)25-14-12-18-16-19(10-11-21(18)25)32(29,30)15-13-17-6-5-7-17/h3-4,8-11,16-17H,5-7,12-15H2,1-2H3. The second-order valence-corrected chi connectivity index (χ2v) is 12.8. The number of carbonyl (C=O) groups excluding carboxylic acids is 1. The van der Waals surface area contributed by atoms with E-state index in [-0.39, 0.29) is 17.2 Å². The summed E-state index contributed by atoms with van der Waals surface area (Å²) in [6.45, 7) is 0.413. The summed E-state index contributed by atoms with van der Waals surface area (Å²) in [4.78, 5) is 15.2. The number of nitrogens with zero attached hydrogens (tertiary/aromatic N) is 2. The highest BCUT2D eigenvalue weighted by Gasteiger charge is 2.30. The van der Waals surface area contributed by atoms with Gasteiger partial charge in [-0.05, 0) is 54.7 Å². The van der Waals surface area contributed by atoms with Crippen LogP contribution in [0.3, 0.4) is 0 Å². The number of rotatable bonds is 7. The zero-order valence-electron chi connectivity index (χ0n) is 18.3. The second kappa shape index (κ2) is 8.51. The van der Waals surface area contributed by atoms with Gasteiger partial charge in [-0.25, -0.2) is 16.8 Å². The second-order valence-electron chi connectivity index (χ2n) is 8.65. The molecule has 1 heterocycles. The van der Waals surface area contributed by atoms with Crippen molar-refractivity contribution in [2.75, 3.05) is 34.8 Å². The Kier molecular flexibility index (Phi) is 6.06. The number of sulfone groups is 1. The number of hydrogen-bond acceptors (Lipinski definition) is 5. The largest absolute Gasteiger partial charge is 0.308 e. The first-order chi connectivity index (χ1) is 15.1. The maximum atomic E-state index is 13.3. The Hall–Kier alpha value is -2.39. The van der Waals surface area contributed by atoms with E-state index in [9.17, 15) is 21.6 Å². The van der Waals surface area contributed by atoms with E-state index < -0.39 is 19.9 Å². The molecule has 7 nitrogen and oxygen atoms in total. The molecule has 1 saturated carbocycles. The zero-order valence-corrected chi connectivity index (χ0v) is 20.0. The number of fused-ring (bicyclic) bond motifs is 1. The fraction of sp³-hybridized carbons (Fsp3) is 0.435. The Morgan fingerprint density at radius 2 is 1.81 bits per heavy atom. The summed E-state index contributed by atoms with van der Waals surface area (Å²) in [5.74, 6) is 0.373. The number of amides is 1. The van der Waals surface area contributed by atoms with Crippen molar-refractivity contribution in [3.63, 3.8) is 0 Å². The normalized spacial score (nSPS) is 16.5. The van der Waals surface area contributed by atoms with Gasteiger partial charge in [-0.2, -0.15) is 0 Å². The predicted molar refractivity (Wildman–Crippen MR) is 126 cm³/mol. The van der Waals surface area contributed by atoms with E-state index in [4.69, 9.17) is 0 Å². The zero-order chi connectivity index (χ0) is 23.1. The molecule has 2 aromatic carbocycles. The molecular formula is C23H28N2O5S2. The number of carbonyl (C=O) groups is 1. The third-order valence-electron chi connectivity index (χ3n) is 6.54. The minimum Gasteiger partial charge on any atom is -0.308 e. The van der Waals surface area contributed by atoms with Crippen molar-refractivity contribution in [2.45, 2.75) is 37.0 Å². The third kappa shape index (κ3) is 4.41. The van der Waals surface area contributed by atoms with Crippen LogP contribution in [0, 0.1) is 5.92 Å². The first kappa shape index (κ1) is 22.8. The first-order valence-corrected chi connectivity index (χ1v) is 14.3. The molecule has 1 aliphatic heterocycles. The molecule has 9 heteroatoms. The maximum Gasteiger partial charge on any atom is 0.260 e. The highest BCUT2D eigenvalue weighted by atomic mass is 32.2. The molecule has 2 aliphatic rings. The van der Waals surface area contributed by atoms with E-state index in [1.54, 1.807) is 47.4 Å². The maximum absolute atomic E-state index is 13.3. The van der Waals surface area contributed by atoms with Crippen LogP contribution in [0.1, 0.15) is 41.6 Å². The quantitative estimate of drug-likeness (QED) is 0.612. The van der Waals surface area contributed by atoms with Crippen molar-refractivity contribution in [1.82, 2.24) is 0 Å². The van der Waals surface area contributed by atoms with Gasteiger partial charge in [-0.15, -0.1) is 0 Å². The van der Waals surface area contributed by atoms with Crippen molar-refractivity contribution in [1.29, 1.82) is 0 Å². The SMILES string of the molecule is CN(c1ccccc1C(=O)N1CCc2cc(S(=O)(=O)CCC3CCC3)ccc21)S(C)(=O)=O. The van der Waals surface area contributed by atoms with E-state index in [1.165, 1.54) is 13.5 Å². The highest BCUT2D eigenvalue weighted by Crippen LogP contribution is 2.35. The van der Waals surface area contributed by atoms with Crippen molar-refractivity contribution in [3.8, 4) is 0 Å². The third-order valence-corrected chi connectivity index (χ3v) is 9.48. The molecule has 172 valence electrons. The lowest BCUT2D eigenvalue weighted by molar-refractivity contribution is 0.0990. The molecule has 0 atom stereocenters. The van der Waals surface area contributed by atoms with Crippen LogP contribution < -0.4 is 9.21 Å². The Bertz CT molecular complexity index is 1250. The molecule has 0 bridgehead atoms. The van der Waals surface area contributed by atoms with E-state index in [1.807, 2.05) is 0 Å². The van der Waals surface area contributed by atoms with Gasteiger partial charge in [0.15, 0.2) is 9.84 Å². The average molecular weight is 477 g/mol. The molecule has 0 radical (unpaired) electrons. The molecule has 0 N–H and O–H groups in total. The van der Waals surface area contributed by atoms with Crippen LogP contribution in [0.2, 0.25) is 0 Å². The van der Waals surface area contributed by atoms with Gasteiger partial charge in [0.2, 0.25) is 10.0 Å². The van der Waals surface area contributed by atoms with Crippen molar-refractivity contribution >= 4 is 37.1 Å². The molecular weight excluding hydrogens is 448 g/mol. The van der Waals surface area contributed by atoms with Gasteiger partial charge in [0.1, 0.15) is 0 Å². The lowest BCUT2D eigenvalue weighted by Gasteiger charge is -2.25. The summed E-state index contributed by atoms with van der Waals surface area (Å²) >= 11 is 0. The van der Waals surface area contributed by atoms with Crippen molar-refractivity contribution < 1.29 is 21.6 Å². The van der Waals surface area contributed by atoms with Crippen LogP contribution in [0.5, 0.6) is 0 Å². The Labute approximate surface area is 190 Å². The summed E-state index contributed by atoms with van der Waals surface area (Å²) < 4.78 is 50.7. The molecule has 1 fully saturated rings. The molecule has 0 aromatic heterocycles. The van der Waals surface area contributed by atoms with E-state index in [0.717, 1.165) is 29.0 Å². The topological polar surface area (TPSA) is 91.8 Å². The first-order valence-electron chi connectivity index (χ1n) is 10.8. The van der Waals surface area contributed by atoms with Gasteiger partial charge < -0.3 is 4.90 Å². The molecule has 0 saturated heterocycles. The molecule has 0 unspecified atom stereocenters. The monoisotopic (exact) mass is 476 g/mol. The summed E-state index contributed by atoms with van der Waals surface area (Å²) in [6, 6.07) is 11.6. The number of sulfonamides is 1. The van der Waals surface area contributed by atoms with Crippen LogP contribution >= 0.6 is 0 Å². The van der Waals surface area contributed by atoms with Crippen LogP contribution in [0.4, 0.5) is 11.4 Å². The van der Waals surface area contributed by atoms with Crippen molar-refractivity contribution in [3.05, 3.63) is 53.6 Å². The number of benzene rings is 2. The average Bonchev–Trinajstić information content (AvgIpc) is 3.14. The van der Waals surface area contributed by atoms with Gasteiger partial charge in [-0.1, -0.05) is 31.4 Å². The Morgan fingerprint density at radius 1 is 1.09 bits per heavy atom. The molecule has 32 heavy (non-hydrogen) atoms. The van der Waals surface area contributed by atoms with Gasteiger partial charge >= 0.3 is 0 Å². The van der Waals surface area contributed by atoms with Crippen LogP contribution in [-0.4, -0.2) is 48.3 Å². The summed E-state index contributed by atoms with van der Waals surface area (Å²) in [5.41, 5.74) is 2.08. The summed E-state index contributed by atoms with van der Waals surface area (Å²) in [7, 11) is -5.47.